The standard InChI is InChI=1S/C18H22N2O3S/c1-22-16-2-4-17(5-3-16)23-13-18(21)20-9-7-19(8-10-20)12-15-6-11-24-14-15/h2-6,11,14H,7-10,12-13H2,1H3. The van der Waals surface area contributed by atoms with Crippen LogP contribution in [0.1, 0.15) is 5.56 Å². The fourth-order valence-electron chi connectivity index (χ4n) is 2.70. The number of methoxy groups -OCH3 is 1. The molecule has 0 spiro atoms. The highest BCUT2D eigenvalue weighted by Crippen LogP contribution is 2.17. The van der Waals surface area contributed by atoms with Gasteiger partial charge in [0.1, 0.15) is 11.5 Å². The maximum absolute atomic E-state index is 12.3. The van der Waals surface area contributed by atoms with Crippen molar-refractivity contribution in [2.75, 3.05) is 39.9 Å². The Morgan fingerprint density at radius 3 is 2.42 bits per heavy atom. The first-order valence-corrected chi connectivity index (χ1v) is 8.97. The first kappa shape index (κ1) is 16.8. The molecule has 2 aromatic rings. The van der Waals surface area contributed by atoms with Gasteiger partial charge in [0.15, 0.2) is 6.61 Å². The van der Waals surface area contributed by atoms with Gasteiger partial charge in [-0.2, -0.15) is 11.3 Å². The molecule has 0 bridgehead atoms. The van der Waals surface area contributed by atoms with Crippen molar-refractivity contribution in [2.24, 2.45) is 0 Å². The molecule has 0 saturated carbocycles. The largest absolute Gasteiger partial charge is 0.497 e. The van der Waals surface area contributed by atoms with Gasteiger partial charge in [-0.15, -0.1) is 0 Å². The Hall–Kier alpha value is -2.05. The second-order valence-corrected chi connectivity index (χ2v) is 6.53. The third-order valence-electron chi connectivity index (χ3n) is 4.13. The third-order valence-corrected chi connectivity index (χ3v) is 4.87. The number of ether oxygens (including phenoxy) is 2. The van der Waals surface area contributed by atoms with Crippen LogP contribution in [0.25, 0.3) is 0 Å². The van der Waals surface area contributed by atoms with Crippen LogP contribution in [0.15, 0.2) is 41.1 Å². The number of carbonyl (C=O) groups excluding carboxylic acids is 1. The maximum Gasteiger partial charge on any atom is 0.260 e. The second-order valence-electron chi connectivity index (χ2n) is 5.75. The smallest absolute Gasteiger partial charge is 0.260 e. The SMILES string of the molecule is COc1ccc(OCC(=O)N2CCN(Cc3ccsc3)CC2)cc1. The van der Waals surface area contributed by atoms with Gasteiger partial charge in [-0.1, -0.05) is 0 Å². The van der Waals surface area contributed by atoms with Gasteiger partial charge < -0.3 is 14.4 Å². The topological polar surface area (TPSA) is 42.0 Å². The van der Waals surface area contributed by atoms with Crippen LogP contribution in [0.4, 0.5) is 0 Å². The van der Waals surface area contributed by atoms with E-state index >= 15 is 0 Å². The average molecular weight is 346 g/mol. The summed E-state index contributed by atoms with van der Waals surface area (Å²) in [6, 6.07) is 9.42. The molecular weight excluding hydrogens is 324 g/mol. The quantitative estimate of drug-likeness (QED) is 0.806. The Balaban J connectivity index is 1.41. The lowest BCUT2D eigenvalue weighted by molar-refractivity contribution is -0.135. The average Bonchev–Trinajstić information content (AvgIpc) is 3.14. The van der Waals surface area contributed by atoms with Gasteiger partial charge in [-0.05, 0) is 46.7 Å². The van der Waals surface area contributed by atoms with E-state index in [0.29, 0.717) is 5.75 Å². The molecule has 1 amide bonds. The summed E-state index contributed by atoms with van der Waals surface area (Å²) in [5.41, 5.74) is 1.35. The molecule has 0 N–H and O–H groups in total. The summed E-state index contributed by atoms with van der Waals surface area (Å²) >= 11 is 1.72. The van der Waals surface area contributed by atoms with Crippen LogP contribution in [-0.2, 0) is 11.3 Å². The molecule has 3 rings (SSSR count). The zero-order chi connectivity index (χ0) is 16.8. The van der Waals surface area contributed by atoms with Crippen LogP contribution in [0.2, 0.25) is 0 Å². The van der Waals surface area contributed by atoms with Crippen LogP contribution in [-0.4, -0.2) is 55.6 Å². The molecule has 1 aliphatic rings. The van der Waals surface area contributed by atoms with E-state index in [0.717, 1.165) is 38.5 Å². The van der Waals surface area contributed by atoms with Gasteiger partial charge in [0.05, 0.1) is 7.11 Å². The fraction of sp³-hybridized carbons (Fsp3) is 0.389. The molecule has 1 aromatic heterocycles. The number of amides is 1. The number of piperazine rings is 1. The molecule has 0 aliphatic carbocycles. The number of carbonyl (C=O) groups is 1. The van der Waals surface area contributed by atoms with Crippen molar-refractivity contribution in [1.82, 2.24) is 9.80 Å². The molecule has 6 heteroatoms. The summed E-state index contributed by atoms with van der Waals surface area (Å²) in [5.74, 6) is 1.50. The van der Waals surface area contributed by atoms with Crippen LogP contribution in [0.5, 0.6) is 11.5 Å². The lowest BCUT2D eigenvalue weighted by atomic mass is 10.2. The highest BCUT2D eigenvalue weighted by molar-refractivity contribution is 7.07. The number of rotatable bonds is 6. The molecule has 5 nitrogen and oxygen atoms in total. The predicted molar refractivity (Wildman–Crippen MR) is 94.7 cm³/mol. The van der Waals surface area contributed by atoms with Crippen molar-refractivity contribution in [1.29, 1.82) is 0 Å². The number of thiophene rings is 1. The molecular formula is C18H22N2O3S. The van der Waals surface area contributed by atoms with Crippen LogP contribution >= 0.6 is 11.3 Å². The van der Waals surface area contributed by atoms with Crippen molar-refractivity contribution < 1.29 is 14.3 Å². The molecule has 24 heavy (non-hydrogen) atoms. The van der Waals surface area contributed by atoms with Gasteiger partial charge in [0, 0.05) is 32.7 Å². The Morgan fingerprint density at radius 1 is 1.08 bits per heavy atom. The molecule has 1 aliphatic heterocycles. The van der Waals surface area contributed by atoms with E-state index in [1.807, 2.05) is 29.2 Å². The molecule has 128 valence electrons. The Bertz CT molecular complexity index is 635. The van der Waals surface area contributed by atoms with E-state index in [1.54, 1.807) is 18.4 Å². The van der Waals surface area contributed by atoms with Crippen molar-refractivity contribution in [3.63, 3.8) is 0 Å². The summed E-state index contributed by atoms with van der Waals surface area (Å²) in [6.07, 6.45) is 0. The summed E-state index contributed by atoms with van der Waals surface area (Å²) in [7, 11) is 1.62. The number of benzene rings is 1. The van der Waals surface area contributed by atoms with Gasteiger partial charge in [0.25, 0.3) is 5.91 Å². The lowest BCUT2D eigenvalue weighted by Gasteiger charge is -2.34. The third kappa shape index (κ3) is 4.49. The van der Waals surface area contributed by atoms with Crippen molar-refractivity contribution >= 4 is 17.2 Å². The molecule has 0 atom stereocenters. The summed E-state index contributed by atoms with van der Waals surface area (Å²) < 4.78 is 10.7. The first-order valence-electron chi connectivity index (χ1n) is 8.02. The van der Waals surface area contributed by atoms with E-state index in [1.165, 1.54) is 5.56 Å². The number of nitrogens with zero attached hydrogens (tertiary/aromatic N) is 2. The van der Waals surface area contributed by atoms with Crippen LogP contribution in [0.3, 0.4) is 0 Å². The van der Waals surface area contributed by atoms with E-state index in [2.05, 4.69) is 21.7 Å². The molecule has 1 fully saturated rings. The highest BCUT2D eigenvalue weighted by Gasteiger charge is 2.21. The molecule has 2 heterocycles. The molecule has 0 unspecified atom stereocenters. The zero-order valence-electron chi connectivity index (χ0n) is 13.8. The normalized spacial score (nSPS) is 15.3. The second kappa shape index (κ2) is 8.17. The monoisotopic (exact) mass is 346 g/mol. The minimum absolute atomic E-state index is 0.0426. The lowest BCUT2D eigenvalue weighted by Crippen LogP contribution is -2.49. The molecule has 0 radical (unpaired) electrons. The minimum atomic E-state index is 0.0426. The van der Waals surface area contributed by atoms with E-state index in [4.69, 9.17) is 9.47 Å². The fourth-order valence-corrected chi connectivity index (χ4v) is 3.36. The van der Waals surface area contributed by atoms with Gasteiger partial charge in [0.2, 0.25) is 0 Å². The predicted octanol–water partition coefficient (Wildman–Crippen LogP) is 2.48. The van der Waals surface area contributed by atoms with Gasteiger partial charge in [-0.25, -0.2) is 0 Å². The Kier molecular flexibility index (Phi) is 5.72. The highest BCUT2D eigenvalue weighted by atomic mass is 32.1. The Morgan fingerprint density at radius 2 is 1.79 bits per heavy atom. The number of hydrogen-bond donors (Lipinski definition) is 0. The zero-order valence-corrected chi connectivity index (χ0v) is 14.6. The molecule has 1 saturated heterocycles. The van der Waals surface area contributed by atoms with E-state index in [9.17, 15) is 4.79 Å². The van der Waals surface area contributed by atoms with Crippen LogP contribution < -0.4 is 9.47 Å². The van der Waals surface area contributed by atoms with Crippen LogP contribution in [0, 0.1) is 0 Å². The Labute approximate surface area is 146 Å². The summed E-state index contributed by atoms with van der Waals surface area (Å²) in [6.45, 7) is 4.38. The van der Waals surface area contributed by atoms with Crippen molar-refractivity contribution in [3.8, 4) is 11.5 Å². The van der Waals surface area contributed by atoms with Gasteiger partial charge >= 0.3 is 0 Å². The van der Waals surface area contributed by atoms with Gasteiger partial charge in [-0.3, -0.25) is 9.69 Å². The van der Waals surface area contributed by atoms with E-state index < -0.39 is 0 Å². The minimum Gasteiger partial charge on any atom is -0.497 e. The summed E-state index contributed by atoms with van der Waals surface area (Å²) in [5, 5.41) is 4.28. The van der Waals surface area contributed by atoms with E-state index in [-0.39, 0.29) is 12.5 Å². The summed E-state index contributed by atoms with van der Waals surface area (Å²) in [4.78, 5) is 16.5. The van der Waals surface area contributed by atoms with Crippen molar-refractivity contribution in [3.05, 3.63) is 46.7 Å². The molecule has 1 aromatic carbocycles. The van der Waals surface area contributed by atoms with Crippen molar-refractivity contribution in [2.45, 2.75) is 6.54 Å². The first-order chi connectivity index (χ1) is 11.7. The number of hydrogen-bond acceptors (Lipinski definition) is 5. The maximum atomic E-state index is 12.3.